The van der Waals surface area contributed by atoms with Gasteiger partial charge in [0.05, 0.1) is 22.8 Å². The van der Waals surface area contributed by atoms with Gasteiger partial charge in [0.2, 0.25) is 5.95 Å². The number of imidazole rings is 1. The molecule has 1 atom stereocenters. The Morgan fingerprint density at radius 2 is 1.95 bits per heavy atom. The SMILES string of the molecule is Cn1c(=O)n(CCC(C)(C)O)c2cc(Nc3nc(N4CCCC(c5ccccc5)C4)ncc3Cl)ccc21. The Bertz CT molecular complexity index is 1460. The highest BCUT2D eigenvalue weighted by molar-refractivity contribution is 6.32. The number of piperidine rings is 1. The van der Waals surface area contributed by atoms with E-state index in [0.717, 1.165) is 42.7 Å². The lowest BCUT2D eigenvalue weighted by Crippen LogP contribution is -2.35. The first kappa shape index (κ1) is 25.3. The van der Waals surface area contributed by atoms with E-state index in [1.54, 1.807) is 36.2 Å². The number of halogens is 1. The molecule has 3 heterocycles. The highest BCUT2D eigenvalue weighted by Crippen LogP contribution is 2.31. The predicted octanol–water partition coefficient (Wildman–Crippen LogP) is 5.07. The van der Waals surface area contributed by atoms with Crippen molar-refractivity contribution >= 4 is 40.1 Å². The molecule has 8 nitrogen and oxygen atoms in total. The minimum atomic E-state index is -0.865. The van der Waals surface area contributed by atoms with Crippen molar-refractivity contribution in [1.82, 2.24) is 19.1 Å². The maximum Gasteiger partial charge on any atom is 0.328 e. The molecule has 2 N–H and O–H groups in total. The third-order valence-corrected chi connectivity index (χ3v) is 7.34. The normalized spacial score (nSPS) is 16.4. The molecular formula is C28H33ClN6O2. The predicted molar refractivity (Wildman–Crippen MR) is 149 cm³/mol. The van der Waals surface area contributed by atoms with E-state index in [0.29, 0.717) is 35.7 Å². The molecule has 1 aliphatic heterocycles. The van der Waals surface area contributed by atoms with Gasteiger partial charge in [-0.15, -0.1) is 0 Å². The number of aryl methyl sites for hydroxylation is 2. The van der Waals surface area contributed by atoms with Gasteiger partial charge in [0.15, 0.2) is 5.82 Å². The monoisotopic (exact) mass is 520 g/mol. The quantitative estimate of drug-likeness (QED) is 0.353. The first-order valence-corrected chi connectivity index (χ1v) is 13.1. The zero-order valence-corrected chi connectivity index (χ0v) is 22.2. The van der Waals surface area contributed by atoms with Crippen molar-refractivity contribution in [2.24, 2.45) is 7.05 Å². The molecule has 2 aromatic heterocycles. The number of nitrogens with one attached hydrogen (secondary N) is 1. The van der Waals surface area contributed by atoms with Crippen molar-refractivity contribution in [3.63, 3.8) is 0 Å². The molecule has 0 bridgehead atoms. The molecule has 9 heteroatoms. The fraction of sp³-hybridized carbons (Fsp3) is 0.393. The van der Waals surface area contributed by atoms with E-state index in [1.807, 2.05) is 24.3 Å². The summed E-state index contributed by atoms with van der Waals surface area (Å²) < 4.78 is 3.32. The smallest absolute Gasteiger partial charge is 0.328 e. The molecule has 4 aromatic rings. The van der Waals surface area contributed by atoms with Crippen LogP contribution in [-0.4, -0.2) is 42.9 Å². The van der Waals surface area contributed by atoms with Gasteiger partial charge < -0.3 is 15.3 Å². The van der Waals surface area contributed by atoms with Crippen molar-refractivity contribution in [3.8, 4) is 0 Å². The largest absolute Gasteiger partial charge is 0.390 e. The van der Waals surface area contributed by atoms with Gasteiger partial charge >= 0.3 is 5.69 Å². The van der Waals surface area contributed by atoms with Crippen LogP contribution in [-0.2, 0) is 13.6 Å². The molecule has 37 heavy (non-hydrogen) atoms. The van der Waals surface area contributed by atoms with Crippen molar-refractivity contribution < 1.29 is 5.11 Å². The summed E-state index contributed by atoms with van der Waals surface area (Å²) in [7, 11) is 1.76. The van der Waals surface area contributed by atoms with E-state index < -0.39 is 5.60 Å². The Kier molecular flexibility index (Phi) is 6.96. The van der Waals surface area contributed by atoms with Crippen molar-refractivity contribution in [3.05, 3.63) is 75.8 Å². The van der Waals surface area contributed by atoms with Crippen LogP contribution in [0.15, 0.2) is 59.5 Å². The van der Waals surface area contributed by atoms with Crippen LogP contribution in [0.3, 0.4) is 0 Å². The van der Waals surface area contributed by atoms with Crippen molar-refractivity contribution in [2.75, 3.05) is 23.3 Å². The number of aliphatic hydroxyl groups is 1. The van der Waals surface area contributed by atoms with Gasteiger partial charge in [0, 0.05) is 38.3 Å². The van der Waals surface area contributed by atoms with Crippen LogP contribution in [0.4, 0.5) is 17.5 Å². The first-order chi connectivity index (χ1) is 17.7. The maximum atomic E-state index is 12.9. The Labute approximate surface area is 221 Å². The minimum absolute atomic E-state index is 0.114. The van der Waals surface area contributed by atoms with E-state index in [4.69, 9.17) is 16.6 Å². The number of benzene rings is 2. The molecule has 0 saturated carbocycles. The van der Waals surface area contributed by atoms with Gasteiger partial charge in [-0.05, 0) is 56.9 Å². The molecule has 0 radical (unpaired) electrons. The summed E-state index contributed by atoms with van der Waals surface area (Å²) in [5.41, 5.74) is 2.73. The molecule has 1 saturated heterocycles. The zero-order chi connectivity index (χ0) is 26.2. The van der Waals surface area contributed by atoms with E-state index in [9.17, 15) is 9.90 Å². The van der Waals surface area contributed by atoms with Crippen molar-refractivity contribution in [2.45, 2.75) is 51.2 Å². The number of aromatic nitrogens is 4. The van der Waals surface area contributed by atoms with Crippen LogP contribution in [0.2, 0.25) is 5.02 Å². The minimum Gasteiger partial charge on any atom is -0.390 e. The molecule has 1 unspecified atom stereocenters. The van der Waals surface area contributed by atoms with Gasteiger partial charge in [-0.25, -0.2) is 9.78 Å². The molecule has 0 aliphatic carbocycles. The van der Waals surface area contributed by atoms with E-state index >= 15 is 0 Å². The number of rotatable bonds is 7. The zero-order valence-electron chi connectivity index (χ0n) is 21.5. The highest BCUT2D eigenvalue weighted by Gasteiger charge is 2.24. The van der Waals surface area contributed by atoms with Gasteiger partial charge in [0.1, 0.15) is 5.02 Å². The highest BCUT2D eigenvalue weighted by atomic mass is 35.5. The van der Waals surface area contributed by atoms with Crippen LogP contribution < -0.4 is 15.9 Å². The van der Waals surface area contributed by atoms with E-state index in [2.05, 4.69) is 39.5 Å². The number of anilines is 3. The molecule has 194 valence electrons. The van der Waals surface area contributed by atoms with Crippen molar-refractivity contribution in [1.29, 1.82) is 0 Å². The Morgan fingerprint density at radius 3 is 2.70 bits per heavy atom. The Hall–Kier alpha value is -3.36. The summed E-state index contributed by atoms with van der Waals surface area (Å²) in [6.45, 7) is 5.66. The summed E-state index contributed by atoms with van der Waals surface area (Å²) in [4.78, 5) is 24.4. The summed E-state index contributed by atoms with van der Waals surface area (Å²) in [5.74, 6) is 1.61. The lowest BCUT2D eigenvalue weighted by Gasteiger charge is -2.33. The van der Waals surface area contributed by atoms with Crippen LogP contribution in [0.5, 0.6) is 0 Å². The maximum absolute atomic E-state index is 12.9. The molecule has 2 aromatic carbocycles. The fourth-order valence-corrected chi connectivity index (χ4v) is 5.12. The van der Waals surface area contributed by atoms with Gasteiger partial charge in [-0.2, -0.15) is 4.98 Å². The second kappa shape index (κ2) is 10.2. The lowest BCUT2D eigenvalue weighted by molar-refractivity contribution is 0.0662. The summed E-state index contributed by atoms with van der Waals surface area (Å²) in [6.07, 6.45) is 4.32. The number of fused-ring (bicyclic) bond motifs is 1. The second-order valence-electron chi connectivity index (χ2n) is 10.4. The van der Waals surface area contributed by atoms with Crippen LogP contribution in [0, 0.1) is 0 Å². The number of nitrogens with zero attached hydrogens (tertiary/aromatic N) is 5. The average molecular weight is 521 g/mol. The van der Waals surface area contributed by atoms with Gasteiger partial charge in [-0.1, -0.05) is 41.9 Å². The average Bonchev–Trinajstić information content (AvgIpc) is 3.13. The van der Waals surface area contributed by atoms with Crippen LogP contribution >= 0.6 is 11.6 Å². The standard InChI is InChI=1S/C28H33ClN6O2/c1-28(2,37)13-15-35-24-16-21(11-12-23(24)33(3)27(35)36)31-25-22(29)17-30-26(32-25)34-14-7-10-20(18-34)19-8-5-4-6-9-19/h4-6,8-9,11-12,16-17,20,37H,7,10,13-15,18H2,1-3H3,(H,30,31,32). The molecule has 0 spiro atoms. The van der Waals surface area contributed by atoms with Gasteiger partial charge in [0.25, 0.3) is 0 Å². The summed E-state index contributed by atoms with van der Waals surface area (Å²) in [6, 6.07) is 16.3. The van der Waals surface area contributed by atoms with E-state index in [-0.39, 0.29) is 5.69 Å². The first-order valence-electron chi connectivity index (χ1n) is 12.7. The summed E-state index contributed by atoms with van der Waals surface area (Å²) in [5, 5.41) is 13.9. The molecular weight excluding hydrogens is 488 g/mol. The van der Waals surface area contributed by atoms with Crippen LogP contribution in [0.1, 0.15) is 44.6 Å². The molecule has 5 rings (SSSR count). The molecule has 0 amide bonds. The Morgan fingerprint density at radius 1 is 1.16 bits per heavy atom. The molecule has 1 fully saturated rings. The number of hydrogen-bond donors (Lipinski definition) is 2. The second-order valence-corrected chi connectivity index (χ2v) is 10.9. The third kappa shape index (κ3) is 5.50. The summed E-state index contributed by atoms with van der Waals surface area (Å²) >= 11 is 6.50. The third-order valence-electron chi connectivity index (χ3n) is 7.06. The lowest BCUT2D eigenvalue weighted by atomic mass is 9.91. The fourth-order valence-electron chi connectivity index (χ4n) is 4.98. The topological polar surface area (TPSA) is 88.2 Å². The number of hydrogen-bond acceptors (Lipinski definition) is 6. The Balaban J connectivity index is 1.40. The van der Waals surface area contributed by atoms with Gasteiger partial charge in [-0.3, -0.25) is 9.13 Å². The van der Waals surface area contributed by atoms with Crippen LogP contribution in [0.25, 0.3) is 11.0 Å². The van der Waals surface area contributed by atoms with E-state index in [1.165, 1.54) is 5.56 Å². The molecule has 1 aliphatic rings.